The van der Waals surface area contributed by atoms with Crippen LogP contribution in [0.25, 0.3) is 0 Å². The first kappa shape index (κ1) is 14.3. The molecular formula is C15H25N3O. The minimum absolute atomic E-state index is 0.471. The number of aromatic nitrogens is 1. The number of anilines is 1. The van der Waals surface area contributed by atoms with Crippen LogP contribution in [0.5, 0.6) is 0 Å². The van der Waals surface area contributed by atoms with Crippen LogP contribution in [-0.2, 0) is 4.74 Å². The van der Waals surface area contributed by atoms with E-state index in [2.05, 4.69) is 15.6 Å². The Bertz CT molecular complexity index is 345. The minimum Gasteiger partial charge on any atom is -0.381 e. The van der Waals surface area contributed by atoms with Gasteiger partial charge in [-0.2, -0.15) is 0 Å². The summed E-state index contributed by atoms with van der Waals surface area (Å²) in [5.74, 6) is 0.949. The Morgan fingerprint density at radius 1 is 1.21 bits per heavy atom. The van der Waals surface area contributed by atoms with Gasteiger partial charge in [-0.3, -0.25) is 0 Å². The molecule has 1 aromatic heterocycles. The summed E-state index contributed by atoms with van der Waals surface area (Å²) in [6, 6.07) is 6.57. The number of ether oxygens (including phenoxy) is 1. The summed E-state index contributed by atoms with van der Waals surface area (Å²) >= 11 is 0. The Labute approximate surface area is 116 Å². The van der Waals surface area contributed by atoms with Gasteiger partial charge < -0.3 is 15.4 Å². The van der Waals surface area contributed by atoms with E-state index >= 15 is 0 Å². The molecule has 2 atom stereocenters. The highest BCUT2D eigenvalue weighted by atomic mass is 16.5. The normalized spacial score (nSPS) is 23.8. The number of hydrogen-bond acceptors (Lipinski definition) is 4. The van der Waals surface area contributed by atoms with Crippen LogP contribution in [0.15, 0.2) is 24.4 Å². The van der Waals surface area contributed by atoms with Crippen LogP contribution >= 0.6 is 0 Å². The molecule has 0 aromatic carbocycles. The van der Waals surface area contributed by atoms with Gasteiger partial charge in [0.05, 0.1) is 6.10 Å². The monoisotopic (exact) mass is 263 g/mol. The second-order valence-corrected chi connectivity index (χ2v) is 5.16. The highest BCUT2D eigenvalue weighted by Crippen LogP contribution is 2.19. The lowest BCUT2D eigenvalue weighted by atomic mass is 10.1. The molecule has 106 valence electrons. The van der Waals surface area contributed by atoms with Crippen LogP contribution in [0, 0.1) is 0 Å². The van der Waals surface area contributed by atoms with Crippen molar-refractivity contribution in [1.82, 2.24) is 10.3 Å². The molecule has 19 heavy (non-hydrogen) atoms. The molecule has 0 spiro atoms. The summed E-state index contributed by atoms with van der Waals surface area (Å²) < 4.78 is 5.45. The van der Waals surface area contributed by atoms with Gasteiger partial charge in [0.1, 0.15) is 5.82 Å². The van der Waals surface area contributed by atoms with Crippen molar-refractivity contribution >= 4 is 5.82 Å². The summed E-state index contributed by atoms with van der Waals surface area (Å²) in [6.07, 6.45) is 8.43. The van der Waals surface area contributed by atoms with Crippen molar-refractivity contribution in [3.63, 3.8) is 0 Å². The number of nitrogens with one attached hydrogen (secondary N) is 2. The van der Waals surface area contributed by atoms with Crippen LogP contribution in [-0.4, -0.2) is 37.3 Å². The van der Waals surface area contributed by atoms with E-state index in [4.69, 9.17) is 4.74 Å². The first-order valence-corrected chi connectivity index (χ1v) is 7.29. The summed E-state index contributed by atoms with van der Waals surface area (Å²) in [4.78, 5) is 4.24. The number of nitrogens with zero attached hydrogens (tertiary/aromatic N) is 1. The molecule has 1 aromatic rings. The molecule has 0 saturated heterocycles. The SMILES string of the molecule is COC1CCCC(NCCNc2ccccn2)CC1. The molecular weight excluding hydrogens is 238 g/mol. The average Bonchev–Trinajstić information content (AvgIpc) is 2.70. The fraction of sp³-hybridized carbons (Fsp3) is 0.667. The van der Waals surface area contributed by atoms with Gasteiger partial charge in [0.15, 0.2) is 0 Å². The quantitative estimate of drug-likeness (QED) is 0.611. The van der Waals surface area contributed by atoms with Gasteiger partial charge in [-0.25, -0.2) is 4.98 Å². The zero-order chi connectivity index (χ0) is 13.3. The van der Waals surface area contributed by atoms with E-state index in [0.29, 0.717) is 12.1 Å². The molecule has 0 radical (unpaired) electrons. The first-order chi connectivity index (χ1) is 9.38. The first-order valence-electron chi connectivity index (χ1n) is 7.29. The minimum atomic E-state index is 0.471. The Balaban J connectivity index is 1.60. The van der Waals surface area contributed by atoms with E-state index in [1.807, 2.05) is 31.5 Å². The van der Waals surface area contributed by atoms with Gasteiger partial charge in [-0.1, -0.05) is 6.07 Å². The maximum Gasteiger partial charge on any atom is 0.125 e. The van der Waals surface area contributed by atoms with Gasteiger partial charge in [0.2, 0.25) is 0 Å². The van der Waals surface area contributed by atoms with Gasteiger partial charge in [-0.15, -0.1) is 0 Å². The molecule has 0 aliphatic heterocycles. The van der Waals surface area contributed by atoms with E-state index < -0.39 is 0 Å². The predicted molar refractivity (Wildman–Crippen MR) is 78.4 cm³/mol. The molecule has 2 N–H and O–H groups in total. The van der Waals surface area contributed by atoms with Crippen molar-refractivity contribution in [3.05, 3.63) is 24.4 Å². The van der Waals surface area contributed by atoms with E-state index in [1.54, 1.807) is 0 Å². The third-order valence-corrected chi connectivity index (χ3v) is 3.78. The summed E-state index contributed by atoms with van der Waals surface area (Å²) in [7, 11) is 1.83. The third-order valence-electron chi connectivity index (χ3n) is 3.78. The largest absolute Gasteiger partial charge is 0.381 e. The summed E-state index contributed by atoms with van der Waals surface area (Å²) in [6.45, 7) is 1.90. The van der Waals surface area contributed by atoms with Gasteiger partial charge in [0.25, 0.3) is 0 Å². The maximum atomic E-state index is 5.45. The van der Waals surface area contributed by atoms with Crippen LogP contribution in [0.2, 0.25) is 0 Å². The molecule has 4 nitrogen and oxygen atoms in total. The summed E-state index contributed by atoms with van der Waals surface area (Å²) in [5, 5.41) is 6.95. The molecule has 1 saturated carbocycles. The van der Waals surface area contributed by atoms with E-state index in [1.165, 1.54) is 32.1 Å². The number of pyridine rings is 1. The zero-order valence-corrected chi connectivity index (χ0v) is 11.8. The predicted octanol–water partition coefficient (Wildman–Crippen LogP) is 2.43. The van der Waals surface area contributed by atoms with Gasteiger partial charge in [-0.05, 0) is 44.2 Å². The number of hydrogen-bond donors (Lipinski definition) is 2. The lowest BCUT2D eigenvalue weighted by Gasteiger charge is -2.17. The van der Waals surface area contributed by atoms with Crippen molar-refractivity contribution in [2.45, 2.75) is 44.2 Å². The van der Waals surface area contributed by atoms with E-state index in [9.17, 15) is 0 Å². The molecule has 1 fully saturated rings. The Morgan fingerprint density at radius 3 is 2.95 bits per heavy atom. The van der Waals surface area contributed by atoms with Crippen molar-refractivity contribution < 1.29 is 4.74 Å². The van der Waals surface area contributed by atoms with E-state index in [0.717, 1.165) is 18.9 Å². The molecule has 2 rings (SSSR count). The smallest absolute Gasteiger partial charge is 0.125 e. The third kappa shape index (κ3) is 5.17. The van der Waals surface area contributed by atoms with E-state index in [-0.39, 0.29) is 0 Å². The van der Waals surface area contributed by atoms with Crippen molar-refractivity contribution in [3.8, 4) is 0 Å². The van der Waals surface area contributed by atoms with Crippen LogP contribution in [0.3, 0.4) is 0 Å². The molecule has 1 aliphatic carbocycles. The second-order valence-electron chi connectivity index (χ2n) is 5.16. The molecule has 1 aliphatic rings. The van der Waals surface area contributed by atoms with Crippen LogP contribution < -0.4 is 10.6 Å². The highest BCUT2D eigenvalue weighted by Gasteiger charge is 2.17. The fourth-order valence-corrected chi connectivity index (χ4v) is 2.64. The average molecular weight is 263 g/mol. The molecule has 1 heterocycles. The number of rotatable bonds is 6. The van der Waals surface area contributed by atoms with Crippen molar-refractivity contribution in [2.24, 2.45) is 0 Å². The van der Waals surface area contributed by atoms with Crippen molar-refractivity contribution in [2.75, 3.05) is 25.5 Å². The fourth-order valence-electron chi connectivity index (χ4n) is 2.64. The zero-order valence-electron chi connectivity index (χ0n) is 11.8. The molecule has 0 amide bonds. The highest BCUT2D eigenvalue weighted by molar-refractivity contribution is 5.32. The van der Waals surface area contributed by atoms with Gasteiger partial charge in [0, 0.05) is 32.4 Å². The number of methoxy groups -OCH3 is 1. The standard InChI is InChI=1S/C15H25N3O/c1-19-14-6-4-5-13(8-9-14)16-11-12-18-15-7-2-3-10-17-15/h2-3,7,10,13-14,16H,4-6,8-9,11-12H2,1H3,(H,17,18). The lowest BCUT2D eigenvalue weighted by Crippen LogP contribution is -2.32. The van der Waals surface area contributed by atoms with Crippen molar-refractivity contribution in [1.29, 1.82) is 0 Å². The molecule has 0 bridgehead atoms. The molecule has 2 unspecified atom stereocenters. The Morgan fingerprint density at radius 2 is 2.16 bits per heavy atom. The van der Waals surface area contributed by atoms with Gasteiger partial charge >= 0.3 is 0 Å². The second kappa shape index (κ2) is 8.12. The lowest BCUT2D eigenvalue weighted by molar-refractivity contribution is 0.0895. The van der Waals surface area contributed by atoms with Crippen LogP contribution in [0.4, 0.5) is 5.82 Å². The van der Waals surface area contributed by atoms with Crippen LogP contribution in [0.1, 0.15) is 32.1 Å². The summed E-state index contributed by atoms with van der Waals surface area (Å²) in [5.41, 5.74) is 0. The Hall–Kier alpha value is -1.13. The maximum absolute atomic E-state index is 5.45. The molecule has 4 heteroatoms. The Kier molecular flexibility index (Phi) is 6.11. The topological polar surface area (TPSA) is 46.2 Å².